The van der Waals surface area contributed by atoms with Gasteiger partial charge >= 0.3 is 0 Å². The zero-order chi connectivity index (χ0) is 13.2. The van der Waals surface area contributed by atoms with Crippen LogP contribution in [-0.4, -0.2) is 41.6 Å². The van der Waals surface area contributed by atoms with Gasteiger partial charge in [-0.15, -0.1) is 0 Å². The van der Waals surface area contributed by atoms with Gasteiger partial charge in [-0.2, -0.15) is 0 Å². The van der Waals surface area contributed by atoms with Crippen LogP contribution in [-0.2, 0) is 4.74 Å². The molecule has 0 radical (unpaired) electrons. The number of aromatic amines is 1. The van der Waals surface area contributed by atoms with Gasteiger partial charge in [0.05, 0.1) is 6.10 Å². The lowest BCUT2D eigenvalue weighted by Gasteiger charge is -2.22. The van der Waals surface area contributed by atoms with Crippen molar-refractivity contribution in [3.8, 4) is 0 Å². The highest BCUT2D eigenvalue weighted by Gasteiger charge is 2.22. The molecule has 1 aromatic carbocycles. The molecule has 1 aromatic heterocycles. The summed E-state index contributed by atoms with van der Waals surface area (Å²) in [5.41, 5.74) is 1.78. The number of hydrogen-bond acceptors (Lipinski definition) is 2. The third-order valence-corrected chi connectivity index (χ3v) is 3.56. The number of hydrogen-bond donors (Lipinski definition) is 1. The van der Waals surface area contributed by atoms with Crippen molar-refractivity contribution in [2.45, 2.75) is 19.4 Å². The van der Waals surface area contributed by atoms with Crippen LogP contribution < -0.4 is 0 Å². The zero-order valence-corrected chi connectivity index (χ0v) is 11.1. The van der Waals surface area contributed by atoms with E-state index in [4.69, 9.17) is 4.74 Å². The second kappa shape index (κ2) is 5.05. The largest absolute Gasteiger partial charge is 0.377 e. The van der Waals surface area contributed by atoms with Crippen LogP contribution in [0.2, 0.25) is 0 Å². The number of carbonyl (C=O) groups is 1. The number of ether oxygens (including phenoxy) is 1. The molecule has 0 bridgehead atoms. The minimum absolute atomic E-state index is 0.0996. The third-order valence-electron chi connectivity index (χ3n) is 3.56. The van der Waals surface area contributed by atoms with Gasteiger partial charge in [-0.25, -0.2) is 0 Å². The summed E-state index contributed by atoms with van der Waals surface area (Å²) in [7, 11) is 0. The van der Waals surface area contributed by atoms with Crippen LogP contribution in [0.3, 0.4) is 0 Å². The summed E-state index contributed by atoms with van der Waals surface area (Å²) >= 11 is 0. The maximum absolute atomic E-state index is 12.7. The number of nitrogens with one attached hydrogen (secondary N) is 1. The highest BCUT2D eigenvalue weighted by molar-refractivity contribution is 6.06. The average Bonchev–Trinajstić information content (AvgIpc) is 2.79. The van der Waals surface area contributed by atoms with E-state index < -0.39 is 0 Å². The van der Waals surface area contributed by atoms with Gasteiger partial charge in [0.2, 0.25) is 0 Å². The Hall–Kier alpha value is -1.81. The van der Waals surface area contributed by atoms with Crippen LogP contribution in [0.15, 0.2) is 30.5 Å². The monoisotopic (exact) mass is 258 g/mol. The average molecular weight is 258 g/mol. The quantitative estimate of drug-likeness (QED) is 0.853. The standard InChI is InChI=1S/C15H18N2O2/c1-11-10-17(8-3-9-19-11)15(18)13-4-2-5-14-12(13)6-7-16-14/h2,4-7,11,16H,3,8-10H2,1H3. The second-order valence-corrected chi connectivity index (χ2v) is 5.03. The molecule has 4 heteroatoms. The van der Waals surface area contributed by atoms with Crippen molar-refractivity contribution >= 4 is 16.8 Å². The van der Waals surface area contributed by atoms with Crippen LogP contribution in [0.25, 0.3) is 10.9 Å². The number of benzene rings is 1. The number of H-pyrrole nitrogens is 1. The normalized spacial score (nSPS) is 20.5. The smallest absolute Gasteiger partial charge is 0.254 e. The maximum atomic E-state index is 12.7. The van der Waals surface area contributed by atoms with Crippen LogP contribution in [0.4, 0.5) is 0 Å². The van der Waals surface area contributed by atoms with Gasteiger partial charge in [-0.3, -0.25) is 4.79 Å². The summed E-state index contributed by atoms with van der Waals surface area (Å²) in [5.74, 6) is 0.0996. The molecule has 1 saturated heterocycles. The summed E-state index contributed by atoms with van der Waals surface area (Å²) < 4.78 is 5.59. The lowest BCUT2D eigenvalue weighted by molar-refractivity contribution is 0.0564. The van der Waals surface area contributed by atoms with Gasteiger partial charge in [0.1, 0.15) is 0 Å². The fourth-order valence-corrected chi connectivity index (χ4v) is 2.62. The Balaban J connectivity index is 1.92. The van der Waals surface area contributed by atoms with Crippen LogP contribution in [0.1, 0.15) is 23.7 Å². The number of nitrogens with zero attached hydrogens (tertiary/aromatic N) is 1. The van der Waals surface area contributed by atoms with Gasteiger partial charge in [-0.1, -0.05) is 6.07 Å². The Kier molecular flexibility index (Phi) is 3.25. The molecular weight excluding hydrogens is 240 g/mol. The molecule has 1 aliphatic rings. The van der Waals surface area contributed by atoms with Crippen LogP contribution >= 0.6 is 0 Å². The molecule has 0 saturated carbocycles. The molecule has 1 fully saturated rings. The third kappa shape index (κ3) is 2.36. The Bertz CT molecular complexity index is 591. The molecular formula is C15H18N2O2. The van der Waals surface area contributed by atoms with Crippen molar-refractivity contribution in [1.82, 2.24) is 9.88 Å². The first-order valence-electron chi connectivity index (χ1n) is 6.72. The topological polar surface area (TPSA) is 45.3 Å². The van der Waals surface area contributed by atoms with Crippen LogP contribution in [0.5, 0.6) is 0 Å². The molecule has 100 valence electrons. The maximum Gasteiger partial charge on any atom is 0.254 e. The molecule has 0 spiro atoms. The molecule has 19 heavy (non-hydrogen) atoms. The molecule has 4 nitrogen and oxygen atoms in total. The van der Waals surface area contributed by atoms with E-state index >= 15 is 0 Å². The van der Waals surface area contributed by atoms with Crippen molar-refractivity contribution in [3.63, 3.8) is 0 Å². The molecule has 1 N–H and O–H groups in total. The van der Waals surface area contributed by atoms with Gasteiger partial charge < -0.3 is 14.6 Å². The molecule has 3 rings (SSSR count). The molecule has 2 aromatic rings. The van der Waals surface area contributed by atoms with Crippen LogP contribution in [0, 0.1) is 0 Å². The molecule has 0 aliphatic carbocycles. The van der Waals surface area contributed by atoms with Crippen molar-refractivity contribution in [1.29, 1.82) is 0 Å². The summed E-state index contributed by atoms with van der Waals surface area (Å²) in [6, 6.07) is 7.76. The number of fused-ring (bicyclic) bond motifs is 1. The lowest BCUT2D eigenvalue weighted by Crippen LogP contribution is -2.36. The van der Waals surface area contributed by atoms with E-state index in [9.17, 15) is 4.79 Å². The molecule has 1 atom stereocenters. The van der Waals surface area contributed by atoms with Crippen molar-refractivity contribution in [2.24, 2.45) is 0 Å². The van der Waals surface area contributed by atoms with E-state index in [1.54, 1.807) is 0 Å². The van der Waals surface area contributed by atoms with Crippen molar-refractivity contribution < 1.29 is 9.53 Å². The minimum atomic E-state index is 0.0996. The first-order chi connectivity index (χ1) is 9.25. The van der Waals surface area contributed by atoms with Gasteiger partial charge in [0.15, 0.2) is 0 Å². The SMILES string of the molecule is CC1CN(C(=O)c2cccc3[nH]ccc23)CCCO1. The van der Waals surface area contributed by atoms with Gasteiger partial charge in [0.25, 0.3) is 5.91 Å². The van der Waals surface area contributed by atoms with Crippen molar-refractivity contribution in [3.05, 3.63) is 36.0 Å². The van der Waals surface area contributed by atoms with E-state index in [0.29, 0.717) is 6.54 Å². The Morgan fingerprint density at radius 3 is 3.21 bits per heavy atom. The predicted molar refractivity (Wildman–Crippen MR) is 74.2 cm³/mol. The number of rotatable bonds is 1. The summed E-state index contributed by atoms with van der Waals surface area (Å²) in [4.78, 5) is 17.7. The second-order valence-electron chi connectivity index (χ2n) is 5.03. The predicted octanol–water partition coefficient (Wildman–Crippen LogP) is 2.42. The summed E-state index contributed by atoms with van der Waals surface area (Å²) in [6.07, 6.45) is 2.88. The summed E-state index contributed by atoms with van der Waals surface area (Å²) in [5, 5.41) is 0.991. The number of amides is 1. The Morgan fingerprint density at radius 2 is 2.32 bits per heavy atom. The number of carbonyl (C=O) groups excluding carboxylic acids is 1. The van der Waals surface area contributed by atoms with Gasteiger partial charge in [0, 0.05) is 42.4 Å². The van der Waals surface area contributed by atoms with E-state index in [1.165, 1.54) is 0 Å². The van der Waals surface area contributed by atoms with E-state index in [1.807, 2.05) is 42.3 Å². The first-order valence-corrected chi connectivity index (χ1v) is 6.72. The van der Waals surface area contributed by atoms with E-state index in [-0.39, 0.29) is 12.0 Å². The molecule has 1 unspecified atom stereocenters. The van der Waals surface area contributed by atoms with E-state index in [0.717, 1.165) is 36.0 Å². The van der Waals surface area contributed by atoms with E-state index in [2.05, 4.69) is 4.98 Å². The zero-order valence-electron chi connectivity index (χ0n) is 11.1. The lowest BCUT2D eigenvalue weighted by atomic mass is 10.1. The molecule has 1 aliphatic heterocycles. The number of aromatic nitrogens is 1. The fourth-order valence-electron chi connectivity index (χ4n) is 2.62. The Morgan fingerprint density at radius 1 is 1.42 bits per heavy atom. The molecule has 1 amide bonds. The van der Waals surface area contributed by atoms with Crippen molar-refractivity contribution in [2.75, 3.05) is 19.7 Å². The highest BCUT2D eigenvalue weighted by Crippen LogP contribution is 2.20. The highest BCUT2D eigenvalue weighted by atomic mass is 16.5. The Labute approximate surface area is 112 Å². The summed E-state index contributed by atoms with van der Waals surface area (Å²) in [6.45, 7) is 4.19. The first kappa shape index (κ1) is 12.2. The minimum Gasteiger partial charge on any atom is -0.377 e. The fraction of sp³-hybridized carbons (Fsp3) is 0.400. The molecule has 2 heterocycles. The van der Waals surface area contributed by atoms with Gasteiger partial charge in [-0.05, 0) is 31.5 Å².